The number of allylic oxidation sites excluding steroid dienone is 2. The number of carbonyl (C=O) groups excluding carboxylic acids is 3. The van der Waals surface area contributed by atoms with E-state index in [-0.39, 0.29) is 12.2 Å². The van der Waals surface area contributed by atoms with Crippen LogP contribution in [-0.4, -0.2) is 58.9 Å². The molecule has 4 rings (SSSR count). The third-order valence-electron chi connectivity index (χ3n) is 7.38. The van der Waals surface area contributed by atoms with E-state index in [4.69, 9.17) is 18.9 Å². The minimum absolute atomic E-state index is 0.125. The van der Waals surface area contributed by atoms with Crippen LogP contribution >= 0.6 is 0 Å². The van der Waals surface area contributed by atoms with Crippen molar-refractivity contribution in [2.24, 2.45) is 11.3 Å². The number of hydrogen-bond donors (Lipinski definition) is 1. The molecule has 1 heterocycles. The van der Waals surface area contributed by atoms with Crippen LogP contribution in [0.25, 0.3) is 0 Å². The van der Waals surface area contributed by atoms with Crippen LogP contribution in [0, 0.1) is 11.3 Å². The molecular weight excluding hydrogens is 500 g/mol. The largest absolute Gasteiger partial charge is 0.497 e. The van der Waals surface area contributed by atoms with Crippen LogP contribution < -0.4 is 15.0 Å². The molecule has 0 spiro atoms. The van der Waals surface area contributed by atoms with E-state index in [1.807, 2.05) is 57.1 Å². The van der Waals surface area contributed by atoms with E-state index in [1.54, 1.807) is 31.4 Å². The first kappa shape index (κ1) is 28.0. The minimum Gasteiger partial charge on any atom is -0.497 e. The fourth-order valence-corrected chi connectivity index (χ4v) is 5.51. The summed E-state index contributed by atoms with van der Waals surface area (Å²) in [5.74, 6) is -2.79. The maximum Gasteiger partial charge on any atom is 0.373 e. The molecule has 9 nitrogen and oxygen atoms in total. The standard InChI is InChI=1S/C30H36N2O7/c1-29(2)16-22(33)25-23(17-29)39-30(28(35)38-7,31-19-10-14-21(36-5)15-11-19)26(27(34)37-6)24(25)18-8-12-20(13-9-18)32(3)4/h8-15,24,26,31H,16-17H2,1-7H3. The van der Waals surface area contributed by atoms with Crippen molar-refractivity contribution < 1.29 is 33.3 Å². The van der Waals surface area contributed by atoms with Gasteiger partial charge in [0.05, 0.1) is 21.3 Å². The van der Waals surface area contributed by atoms with Crippen molar-refractivity contribution in [1.82, 2.24) is 0 Å². The Morgan fingerprint density at radius 1 is 0.949 bits per heavy atom. The van der Waals surface area contributed by atoms with Crippen molar-refractivity contribution in [1.29, 1.82) is 0 Å². The highest BCUT2D eigenvalue weighted by Gasteiger charge is 2.63. The molecule has 0 bridgehead atoms. The molecule has 2 aromatic carbocycles. The Labute approximate surface area is 229 Å². The van der Waals surface area contributed by atoms with Crippen molar-refractivity contribution in [3.63, 3.8) is 0 Å². The van der Waals surface area contributed by atoms with Crippen LogP contribution in [0.1, 0.15) is 38.2 Å². The molecule has 2 aromatic rings. The third-order valence-corrected chi connectivity index (χ3v) is 7.38. The Bertz CT molecular complexity index is 1280. The van der Waals surface area contributed by atoms with Crippen LogP contribution in [0.4, 0.5) is 11.4 Å². The number of hydrogen-bond acceptors (Lipinski definition) is 9. The number of methoxy groups -OCH3 is 3. The maximum absolute atomic E-state index is 13.7. The van der Waals surface area contributed by atoms with E-state index in [0.29, 0.717) is 34.8 Å². The number of esters is 2. The highest BCUT2D eigenvalue weighted by molar-refractivity contribution is 6.02. The molecule has 0 fully saturated rings. The second-order valence-corrected chi connectivity index (χ2v) is 10.9. The van der Waals surface area contributed by atoms with Gasteiger partial charge in [-0.3, -0.25) is 9.59 Å². The number of ketones is 1. The van der Waals surface area contributed by atoms with Crippen LogP contribution in [0.5, 0.6) is 5.75 Å². The molecule has 9 heteroatoms. The number of Topliss-reactive ketones (excluding diaryl/α,β-unsaturated/α-hetero) is 1. The van der Waals surface area contributed by atoms with Crippen LogP contribution in [-0.2, 0) is 28.6 Å². The van der Waals surface area contributed by atoms with Gasteiger partial charge in [0.15, 0.2) is 5.78 Å². The van der Waals surface area contributed by atoms with Crippen molar-refractivity contribution in [2.75, 3.05) is 45.6 Å². The van der Waals surface area contributed by atoms with E-state index < -0.39 is 34.9 Å². The second kappa shape index (κ2) is 10.6. The lowest BCUT2D eigenvalue weighted by Crippen LogP contribution is -2.62. The van der Waals surface area contributed by atoms with Crippen molar-refractivity contribution in [3.8, 4) is 5.75 Å². The lowest BCUT2D eigenvalue weighted by molar-refractivity contribution is -0.182. The molecule has 0 amide bonds. The number of nitrogens with one attached hydrogen (secondary N) is 1. The average Bonchev–Trinajstić information content (AvgIpc) is 2.91. The highest BCUT2D eigenvalue weighted by Crippen LogP contribution is 2.53. The predicted octanol–water partition coefficient (Wildman–Crippen LogP) is 4.29. The Kier molecular flexibility index (Phi) is 7.63. The van der Waals surface area contributed by atoms with Crippen molar-refractivity contribution in [3.05, 3.63) is 65.4 Å². The molecule has 1 aliphatic carbocycles. The van der Waals surface area contributed by atoms with E-state index in [9.17, 15) is 14.4 Å². The summed E-state index contributed by atoms with van der Waals surface area (Å²) in [6.07, 6.45) is 0.684. The summed E-state index contributed by atoms with van der Waals surface area (Å²) in [5.41, 5.74) is 0.0787. The van der Waals surface area contributed by atoms with Crippen LogP contribution in [0.3, 0.4) is 0 Å². The fourth-order valence-electron chi connectivity index (χ4n) is 5.51. The number of ether oxygens (including phenoxy) is 4. The Morgan fingerprint density at radius 3 is 2.13 bits per heavy atom. The summed E-state index contributed by atoms with van der Waals surface area (Å²) in [6, 6.07) is 14.4. The maximum atomic E-state index is 13.7. The predicted molar refractivity (Wildman–Crippen MR) is 147 cm³/mol. The molecular formula is C30H36N2O7. The minimum atomic E-state index is -2.02. The van der Waals surface area contributed by atoms with Gasteiger partial charge in [-0.25, -0.2) is 4.79 Å². The van der Waals surface area contributed by atoms with Crippen LogP contribution in [0.15, 0.2) is 59.9 Å². The van der Waals surface area contributed by atoms with E-state index >= 15 is 0 Å². The molecule has 2 aliphatic rings. The number of benzene rings is 2. The number of carbonyl (C=O) groups is 3. The zero-order valence-electron chi connectivity index (χ0n) is 23.5. The SMILES string of the molecule is COC(=O)C1C(c2ccc(N(C)C)cc2)C2=C(CC(C)(C)CC2=O)OC1(Nc1ccc(OC)cc1)C(=O)OC. The molecule has 0 saturated carbocycles. The molecule has 0 radical (unpaired) electrons. The molecule has 0 saturated heterocycles. The smallest absolute Gasteiger partial charge is 0.373 e. The van der Waals surface area contributed by atoms with Crippen LogP contribution in [0.2, 0.25) is 0 Å². The number of anilines is 2. The van der Waals surface area contributed by atoms with Crippen molar-refractivity contribution >= 4 is 29.1 Å². The molecule has 0 aromatic heterocycles. The molecule has 39 heavy (non-hydrogen) atoms. The second-order valence-electron chi connectivity index (χ2n) is 10.9. The zero-order chi connectivity index (χ0) is 28.5. The van der Waals surface area contributed by atoms with Gasteiger partial charge >= 0.3 is 11.9 Å². The van der Waals surface area contributed by atoms with Gasteiger partial charge in [0.25, 0.3) is 5.72 Å². The van der Waals surface area contributed by atoms with Gasteiger partial charge in [-0.2, -0.15) is 0 Å². The first-order valence-corrected chi connectivity index (χ1v) is 12.8. The lowest BCUT2D eigenvalue weighted by Gasteiger charge is -2.49. The zero-order valence-corrected chi connectivity index (χ0v) is 23.5. The topological polar surface area (TPSA) is 103 Å². The van der Waals surface area contributed by atoms with Gasteiger partial charge in [0, 0.05) is 49.8 Å². The van der Waals surface area contributed by atoms with Gasteiger partial charge in [-0.15, -0.1) is 0 Å². The monoisotopic (exact) mass is 536 g/mol. The average molecular weight is 537 g/mol. The summed E-state index contributed by atoms with van der Waals surface area (Å²) < 4.78 is 22.3. The van der Waals surface area contributed by atoms with Gasteiger partial charge in [0.2, 0.25) is 0 Å². The first-order chi connectivity index (χ1) is 18.5. The van der Waals surface area contributed by atoms with E-state index in [2.05, 4.69) is 5.32 Å². The number of nitrogens with zero attached hydrogens (tertiary/aromatic N) is 1. The van der Waals surface area contributed by atoms with E-state index in [1.165, 1.54) is 14.2 Å². The quantitative estimate of drug-likeness (QED) is 0.519. The molecule has 1 aliphatic heterocycles. The first-order valence-electron chi connectivity index (χ1n) is 12.8. The lowest BCUT2D eigenvalue weighted by atomic mass is 9.65. The molecule has 208 valence electrons. The summed E-state index contributed by atoms with van der Waals surface area (Å²) in [4.78, 5) is 43.0. The van der Waals surface area contributed by atoms with Gasteiger partial charge < -0.3 is 29.2 Å². The summed E-state index contributed by atoms with van der Waals surface area (Å²) in [6.45, 7) is 3.95. The van der Waals surface area contributed by atoms with Crippen molar-refractivity contribution in [2.45, 2.75) is 38.3 Å². The van der Waals surface area contributed by atoms with Gasteiger partial charge in [-0.05, 0) is 47.4 Å². The molecule has 3 unspecified atom stereocenters. The molecule has 1 N–H and O–H groups in total. The number of rotatable bonds is 7. The summed E-state index contributed by atoms with van der Waals surface area (Å²) in [5, 5.41) is 3.16. The molecule has 3 atom stereocenters. The fraction of sp³-hybridized carbons (Fsp3) is 0.433. The third kappa shape index (κ3) is 5.17. The van der Waals surface area contributed by atoms with Gasteiger partial charge in [-0.1, -0.05) is 26.0 Å². The Balaban J connectivity index is 1.99. The normalized spacial score (nSPS) is 23.7. The summed E-state index contributed by atoms with van der Waals surface area (Å²) >= 11 is 0. The highest BCUT2D eigenvalue weighted by atomic mass is 16.6. The van der Waals surface area contributed by atoms with Gasteiger partial charge in [0.1, 0.15) is 17.4 Å². The Morgan fingerprint density at radius 2 is 1.59 bits per heavy atom. The van der Waals surface area contributed by atoms with E-state index in [0.717, 1.165) is 5.69 Å². The Hall–Kier alpha value is -4.01. The summed E-state index contributed by atoms with van der Waals surface area (Å²) in [7, 11) is 7.89.